The van der Waals surface area contributed by atoms with Gasteiger partial charge in [0, 0.05) is 19.1 Å². The lowest BCUT2D eigenvalue weighted by molar-refractivity contribution is -0.0554. The molecule has 0 saturated carbocycles. The number of likely N-dealkylation sites (N-methyl/N-ethyl adjacent to an activating group) is 1. The molecule has 0 aromatic carbocycles. The maximum absolute atomic E-state index is 5.61. The van der Waals surface area contributed by atoms with Crippen LogP contribution in [0.3, 0.4) is 0 Å². The van der Waals surface area contributed by atoms with Gasteiger partial charge >= 0.3 is 0 Å². The molecule has 0 aromatic rings. The molecule has 1 fully saturated rings. The molecule has 1 rings (SSSR count). The van der Waals surface area contributed by atoms with E-state index < -0.39 is 0 Å². The molecule has 0 aliphatic carbocycles. The number of nitrogens with zero attached hydrogens (tertiary/aromatic N) is 1. The minimum atomic E-state index is 0.274. The van der Waals surface area contributed by atoms with Gasteiger partial charge in [0.25, 0.3) is 0 Å². The third kappa shape index (κ3) is 2.98. The summed E-state index contributed by atoms with van der Waals surface area (Å²) in [6, 6.07) is 0.416. The van der Waals surface area contributed by atoms with Crippen LogP contribution in [0.4, 0.5) is 0 Å². The Bertz CT molecular complexity index is 200. The van der Waals surface area contributed by atoms with Crippen LogP contribution in [-0.4, -0.2) is 49.8 Å². The first-order valence-corrected chi connectivity index (χ1v) is 5.29. The van der Waals surface area contributed by atoms with Crippen molar-refractivity contribution in [3.8, 4) is 12.3 Å². The van der Waals surface area contributed by atoms with Crippen LogP contribution in [0.2, 0.25) is 0 Å². The molecule has 2 atom stereocenters. The summed E-state index contributed by atoms with van der Waals surface area (Å²) in [6.07, 6.45) is 5.62. The molecule has 0 radical (unpaired) electrons. The van der Waals surface area contributed by atoms with Crippen molar-refractivity contribution >= 4 is 0 Å². The van der Waals surface area contributed by atoms with Gasteiger partial charge in [-0.3, -0.25) is 4.90 Å². The molecular formula is C11H20N2O. The van der Waals surface area contributed by atoms with Crippen LogP contribution in [0.25, 0.3) is 0 Å². The molecule has 0 amide bonds. The van der Waals surface area contributed by atoms with Crippen molar-refractivity contribution in [1.29, 1.82) is 0 Å². The Morgan fingerprint density at radius 3 is 3.07 bits per heavy atom. The van der Waals surface area contributed by atoms with Gasteiger partial charge in [-0.15, -0.1) is 6.42 Å². The van der Waals surface area contributed by atoms with Crippen LogP contribution < -0.4 is 5.32 Å². The number of terminal acetylenes is 1. The zero-order valence-electron chi connectivity index (χ0n) is 9.12. The molecular weight excluding hydrogens is 176 g/mol. The van der Waals surface area contributed by atoms with E-state index in [1.54, 1.807) is 0 Å². The van der Waals surface area contributed by atoms with Gasteiger partial charge in [0.15, 0.2) is 0 Å². The van der Waals surface area contributed by atoms with Gasteiger partial charge < -0.3 is 10.1 Å². The van der Waals surface area contributed by atoms with E-state index in [4.69, 9.17) is 11.2 Å². The Morgan fingerprint density at radius 2 is 2.43 bits per heavy atom. The summed E-state index contributed by atoms with van der Waals surface area (Å²) in [4.78, 5) is 2.32. The summed E-state index contributed by atoms with van der Waals surface area (Å²) >= 11 is 0. The van der Waals surface area contributed by atoms with Crippen LogP contribution in [0.15, 0.2) is 0 Å². The average Bonchev–Trinajstić information content (AvgIpc) is 2.18. The lowest BCUT2D eigenvalue weighted by Gasteiger charge is -2.39. The molecule has 0 aromatic heterocycles. The van der Waals surface area contributed by atoms with Gasteiger partial charge in [-0.2, -0.15) is 0 Å². The lowest BCUT2D eigenvalue weighted by Crippen LogP contribution is -2.54. The second-order valence-electron chi connectivity index (χ2n) is 3.63. The highest BCUT2D eigenvalue weighted by molar-refractivity contribution is 4.93. The summed E-state index contributed by atoms with van der Waals surface area (Å²) in [7, 11) is 0. The second kappa shape index (κ2) is 6.02. The number of morpholine rings is 1. The number of hydrogen-bond acceptors (Lipinski definition) is 3. The van der Waals surface area contributed by atoms with Gasteiger partial charge in [-0.1, -0.05) is 12.8 Å². The maximum atomic E-state index is 5.61. The van der Waals surface area contributed by atoms with Gasteiger partial charge in [0.1, 0.15) is 0 Å². The van der Waals surface area contributed by atoms with E-state index in [1.165, 1.54) is 0 Å². The van der Waals surface area contributed by atoms with Crippen molar-refractivity contribution in [1.82, 2.24) is 10.2 Å². The van der Waals surface area contributed by atoms with E-state index in [-0.39, 0.29) is 6.10 Å². The fourth-order valence-electron chi connectivity index (χ4n) is 1.83. The largest absolute Gasteiger partial charge is 0.375 e. The first-order valence-electron chi connectivity index (χ1n) is 5.29. The Hall–Kier alpha value is -0.560. The van der Waals surface area contributed by atoms with E-state index in [9.17, 15) is 0 Å². The van der Waals surface area contributed by atoms with E-state index in [0.717, 1.165) is 32.8 Å². The number of hydrogen-bond donors (Lipinski definition) is 1. The fraction of sp³-hybridized carbons (Fsp3) is 0.818. The quantitative estimate of drug-likeness (QED) is 0.655. The topological polar surface area (TPSA) is 24.5 Å². The SMILES string of the molecule is C#CCN1CCOC(C)C1CNCC. The Kier molecular flexibility index (Phi) is 4.95. The van der Waals surface area contributed by atoms with Crippen LogP contribution >= 0.6 is 0 Å². The Labute approximate surface area is 86.8 Å². The molecule has 0 bridgehead atoms. The van der Waals surface area contributed by atoms with Gasteiger partial charge in [0.05, 0.1) is 19.3 Å². The number of nitrogens with one attached hydrogen (secondary N) is 1. The molecule has 1 aliphatic heterocycles. The van der Waals surface area contributed by atoms with E-state index >= 15 is 0 Å². The molecule has 3 heteroatoms. The van der Waals surface area contributed by atoms with Crippen LogP contribution in [0, 0.1) is 12.3 Å². The highest BCUT2D eigenvalue weighted by Gasteiger charge is 2.27. The van der Waals surface area contributed by atoms with Crippen LogP contribution in [0.5, 0.6) is 0 Å². The molecule has 1 N–H and O–H groups in total. The van der Waals surface area contributed by atoms with E-state index in [0.29, 0.717) is 6.04 Å². The standard InChI is InChI=1S/C11H20N2O/c1-4-6-13-7-8-14-10(3)11(13)9-12-5-2/h1,10-12H,5-9H2,2-3H3. The normalized spacial score (nSPS) is 28.6. The monoisotopic (exact) mass is 196 g/mol. The summed E-state index contributed by atoms with van der Waals surface area (Å²) in [5, 5.41) is 3.35. The highest BCUT2D eigenvalue weighted by Crippen LogP contribution is 2.12. The Morgan fingerprint density at radius 1 is 1.64 bits per heavy atom. The van der Waals surface area contributed by atoms with E-state index in [1.807, 2.05) is 0 Å². The predicted molar refractivity (Wildman–Crippen MR) is 58.2 cm³/mol. The molecule has 3 nitrogen and oxygen atoms in total. The van der Waals surface area contributed by atoms with Crippen molar-refractivity contribution in [2.75, 3.05) is 32.8 Å². The molecule has 1 saturated heterocycles. The van der Waals surface area contributed by atoms with Crippen molar-refractivity contribution < 1.29 is 4.74 Å². The predicted octanol–water partition coefficient (Wildman–Crippen LogP) is 0.318. The molecule has 1 heterocycles. The molecule has 2 unspecified atom stereocenters. The van der Waals surface area contributed by atoms with E-state index in [2.05, 4.69) is 30.0 Å². The fourth-order valence-corrected chi connectivity index (χ4v) is 1.83. The maximum Gasteiger partial charge on any atom is 0.0715 e. The molecule has 80 valence electrons. The summed E-state index contributed by atoms with van der Waals surface area (Å²) in [5.41, 5.74) is 0. The highest BCUT2D eigenvalue weighted by atomic mass is 16.5. The van der Waals surface area contributed by atoms with Crippen molar-refractivity contribution in [3.63, 3.8) is 0 Å². The number of rotatable bonds is 4. The summed E-state index contributed by atoms with van der Waals surface area (Å²) < 4.78 is 5.61. The zero-order valence-corrected chi connectivity index (χ0v) is 9.12. The lowest BCUT2D eigenvalue weighted by atomic mass is 10.1. The third-order valence-electron chi connectivity index (χ3n) is 2.67. The van der Waals surface area contributed by atoms with Crippen LogP contribution in [0.1, 0.15) is 13.8 Å². The summed E-state index contributed by atoms with van der Waals surface area (Å²) in [5.74, 6) is 2.71. The van der Waals surface area contributed by atoms with Gasteiger partial charge in [0.2, 0.25) is 0 Å². The third-order valence-corrected chi connectivity index (χ3v) is 2.67. The molecule has 0 spiro atoms. The number of ether oxygens (including phenoxy) is 1. The van der Waals surface area contributed by atoms with Crippen molar-refractivity contribution in [2.45, 2.75) is 26.0 Å². The smallest absolute Gasteiger partial charge is 0.0715 e. The molecule has 14 heavy (non-hydrogen) atoms. The molecule has 1 aliphatic rings. The van der Waals surface area contributed by atoms with Gasteiger partial charge in [-0.05, 0) is 13.5 Å². The van der Waals surface area contributed by atoms with Crippen molar-refractivity contribution in [3.05, 3.63) is 0 Å². The first-order chi connectivity index (χ1) is 6.79. The average molecular weight is 196 g/mol. The zero-order chi connectivity index (χ0) is 10.4. The minimum absolute atomic E-state index is 0.274. The minimum Gasteiger partial charge on any atom is -0.375 e. The van der Waals surface area contributed by atoms with Gasteiger partial charge in [-0.25, -0.2) is 0 Å². The van der Waals surface area contributed by atoms with Crippen molar-refractivity contribution in [2.24, 2.45) is 0 Å². The Balaban J connectivity index is 2.48. The summed E-state index contributed by atoms with van der Waals surface area (Å²) in [6.45, 7) is 8.65. The van der Waals surface area contributed by atoms with Crippen LogP contribution in [-0.2, 0) is 4.74 Å². The second-order valence-corrected chi connectivity index (χ2v) is 3.63. The first kappa shape index (κ1) is 11.5.